The first-order chi connectivity index (χ1) is 7.51. The molecule has 6 heteroatoms. The van der Waals surface area contributed by atoms with E-state index in [4.69, 9.17) is 11.6 Å². The summed E-state index contributed by atoms with van der Waals surface area (Å²) in [6, 6.07) is 1.88. The first kappa shape index (κ1) is 14.5. The number of rotatable bonds is 4. The molecule has 1 amide bonds. The monoisotopic (exact) mass is 387 g/mol. The molecule has 0 N–H and O–H groups in total. The fourth-order valence-corrected chi connectivity index (χ4v) is 3.70. The van der Waals surface area contributed by atoms with Crippen LogP contribution in [-0.4, -0.2) is 23.9 Å². The molecule has 0 spiro atoms. The summed E-state index contributed by atoms with van der Waals surface area (Å²) in [6.45, 7) is 5.27. The second-order valence-electron chi connectivity index (χ2n) is 3.14. The van der Waals surface area contributed by atoms with E-state index in [-0.39, 0.29) is 5.91 Å². The molecule has 16 heavy (non-hydrogen) atoms. The molecule has 0 radical (unpaired) electrons. The topological polar surface area (TPSA) is 20.3 Å². The highest BCUT2D eigenvalue weighted by Crippen LogP contribution is 2.38. The average Bonchev–Trinajstić information content (AvgIpc) is 2.59. The Bertz CT molecular complexity index is 359. The molecule has 0 aliphatic heterocycles. The van der Waals surface area contributed by atoms with Gasteiger partial charge in [-0.05, 0) is 51.8 Å². The number of hydrogen-bond donors (Lipinski definition) is 0. The number of carbonyl (C=O) groups excluding carboxylic acids is 1. The predicted molar refractivity (Wildman–Crippen MR) is 76.2 cm³/mol. The Kier molecular flexibility index (Phi) is 5.77. The lowest BCUT2D eigenvalue weighted by Crippen LogP contribution is -2.32. The molecule has 90 valence electrons. The van der Waals surface area contributed by atoms with Gasteiger partial charge in [0, 0.05) is 22.4 Å². The molecule has 0 aliphatic rings. The van der Waals surface area contributed by atoms with Crippen LogP contribution in [0.5, 0.6) is 0 Å². The number of hydrogen-bond acceptors (Lipinski definition) is 2. The van der Waals surface area contributed by atoms with Gasteiger partial charge in [-0.25, -0.2) is 0 Å². The van der Waals surface area contributed by atoms with Crippen molar-refractivity contribution in [2.24, 2.45) is 0 Å². The maximum Gasteiger partial charge on any atom is 0.245 e. The van der Waals surface area contributed by atoms with E-state index in [9.17, 15) is 4.79 Å². The molecule has 0 saturated heterocycles. The van der Waals surface area contributed by atoms with Gasteiger partial charge in [0.1, 0.15) is 5.38 Å². The maximum absolute atomic E-state index is 12.0. The Morgan fingerprint density at radius 2 is 2.06 bits per heavy atom. The van der Waals surface area contributed by atoms with Gasteiger partial charge < -0.3 is 4.90 Å². The minimum Gasteiger partial charge on any atom is -0.342 e. The van der Waals surface area contributed by atoms with Crippen LogP contribution in [-0.2, 0) is 4.79 Å². The van der Waals surface area contributed by atoms with Gasteiger partial charge in [-0.2, -0.15) is 0 Å². The van der Waals surface area contributed by atoms with E-state index in [1.165, 1.54) is 11.3 Å². The number of halogens is 3. The third-order valence-corrected chi connectivity index (χ3v) is 6.08. The molecule has 0 aliphatic carbocycles. The van der Waals surface area contributed by atoms with Gasteiger partial charge in [-0.1, -0.05) is 0 Å². The Balaban J connectivity index is 2.85. The molecule has 0 bridgehead atoms. The summed E-state index contributed by atoms with van der Waals surface area (Å²) >= 11 is 14.4. The van der Waals surface area contributed by atoms with Gasteiger partial charge in [0.15, 0.2) is 0 Å². The molecule has 1 aromatic rings. The van der Waals surface area contributed by atoms with Crippen LogP contribution in [0, 0.1) is 0 Å². The van der Waals surface area contributed by atoms with E-state index in [1.54, 1.807) is 4.90 Å². The highest BCUT2D eigenvalue weighted by Gasteiger charge is 2.24. The van der Waals surface area contributed by atoms with Crippen molar-refractivity contribution in [3.05, 3.63) is 19.2 Å². The minimum absolute atomic E-state index is 0.0343. The number of thiophene rings is 1. The van der Waals surface area contributed by atoms with Crippen LogP contribution in [0.1, 0.15) is 24.1 Å². The molecule has 1 unspecified atom stereocenters. The molecular weight excluding hydrogens is 377 g/mol. The Hall–Kier alpha value is 0.420. The van der Waals surface area contributed by atoms with Gasteiger partial charge in [0.2, 0.25) is 5.91 Å². The Morgan fingerprint density at radius 3 is 2.44 bits per heavy atom. The van der Waals surface area contributed by atoms with Crippen LogP contribution in [0.3, 0.4) is 0 Å². The van der Waals surface area contributed by atoms with Crippen LogP contribution in [0.2, 0.25) is 0 Å². The third-order valence-electron chi connectivity index (χ3n) is 2.21. The summed E-state index contributed by atoms with van der Waals surface area (Å²) in [5.41, 5.74) is 0. The second-order valence-corrected chi connectivity index (χ2v) is 6.84. The summed E-state index contributed by atoms with van der Waals surface area (Å²) in [5, 5.41) is -0.590. The number of carbonyl (C=O) groups is 1. The molecule has 1 heterocycles. The Labute approximate surface area is 121 Å². The number of likely N-dealkylation sites (N-methyl/N-ethyl adjacent to an activating group) is 1. The molecule has 0 fully saturated rings. The summed E-state index contributed by atoms with van der Waals surface area (Å²) in [4.78, 5) is 14.6. The minimum atomic E-state index is -0.590. The first-order valence-electron chi connectivity index (χ1n) is 4.88. The standard InChI is InChI=1S/C10H12Br2ClNOS/c1-3-14(4-2)10(15)8(13)7-5-6(11)9(12)16-7/h5,8H,3-4H2,1-2H3. The van der Waals surface area contributed by atoms with Gasteiger partial charge in [-0.3, -0.25) is 4.79 Å². The molecule has 0 aromatic carbocycles. The van der Waals surface area contributed by atoms with Crippen molar-refractivity contribution in [1.82, 2.24) is 4.90 Å². The lowest BCUT2D eigenvalue weighted by atomic mass is 10.3. The van der Waals surface area contributed by atoms with Crippen molar-refractivity contribution in [2.45, 2.75) is 19.2 Å². The van der Waals surface area contributed by atoms with Crippen molar-refractivity contribution in [3.63, 3.8) is 0 Å². The second kappa shape index (κ2) is 6.38. The number of amides is 1. The van der Waals surface area contributed by atoms with Crippen LogP contribution in [0.25, 0.3) is 0 Å². The number of alkyl halides is 1. The van der Waals surface area contributed by atoms with Crippen molar-refractivity contribution in [1.29, 1.82) is 0 Å². The van der Waals surface area contributed by atoms with Crippen molar-refractivity contribution < 1.29 is 4.79 Å². The molecular formula is C10H12Br2ClNOS. The average molecular weight is 390 g/mol. The summed E-state index contributed by atoms with van der Waals surface area (Å²) in [6.07, 6.45) is 0. The van der Waals surface area contributed by atoms with Crippen LogP contribution < -0.4 is 0 Å². The van der Waals surface area contributed by atoms with E-state index in [0.717, 1.165) is 13.1 Å². The predicted octanol–water partition coefficient (Wildman–Crippen LogP) is 4.42. The first-order valence-corrected chi connectivity index (χ1v) is 7.72. The molecule has 1 atom stereocenters. The highest BCUT2D eigenvalue weighted by atomic mass is 79.9. The van der Waals surface area contributed by atoms with Crippen molar-refractivity contribution >= 4 is 60.7 Å². The van der Waals surface area contributed by atoms with Crippen LogP contribution >= 0.6 is 54.8 Å². The number of nitrogens with zero attached hydrogens (tertiary/aromatic N) is 1. The smallest absolute Gasteiger partial charge is 0.245 e. The lowest BCUT2D eigenvalue weighted by Gasteiger charge is -2.20. The highest BCUT2D eigenvalue weighted by molar-refractivity contribution is 9.13. The Morgan fingerprint density at radius 1 is 1.50 bits per heavy atom. The fourth-order valence-electron chi connectivity index (χ4n) is 1.31. The molecule has 1 rings (SSSR count). The van der Waals surface area contributed by atoms with Crippen LogP contribution in [0.15, 0.2) is 14.3 Å². The van der Waals surface area contributed by atoms with Crippen molar-refractivity contribution in [3.8, 4) is 0 Å². The van der Waals surface area contributed by atoms with Gasteiger partial charge in [0.25, 0.3) is 0 Å². The normalized spacial score (nSPS) is 12.6. The van der Waals surface area contributed by atoms with E-state index < -0.39 is 5.38 Å². The van der Waals surface area contributed by atoms with E-state index >= 15 is 0 Å². The van der Waals surface area contributed by atoms with E-state index in [2.05, 4.69) is 31.9 Å². The SMILES string of the molecule is CCN(CC)C(=O)C(Cl)c1cc(Br)c(Br)s1. The largest absolute Gasteiger partial charge is 0.342 e. The zero-order chi connectivity index (χ0) is 12.3. The quantitative estimate of drug-likeness (QED) is 0.698. The lowest BCUT2D eigenvalue weighted by molar-refractivity contribution is -0.130. The van der Waals surface area contributed by atoms with Crippen molar-refractivity contribution in [2.75, 3.05) is 13.1 Å². The van der Waals surface area contributed by atoms with E-state index in [1.807, 2.05) is 19.9 Å². The molecule has 0 saturated carbocycles. The van der Waals surface area contributed by atoms with Gasteiger partial charge >= 0.3 is 0 Å². The summed E-state index contributed by atoms with van der Waals surface area (Å²) < 4.78 is 1.89. The zero-order valence-corrected chi connectivity index (χ0v) is 13.7. The zero-order valence-electron chi connectivity index (χ0n) is 8.97. The maximum atomic E-state index is 12.0. The van der Waals surface area contributed by atoms with Gasteiger partial charge in [0.05, 0.1) is 3.79 Å². The third kappa shape index (κ3) is 3.22. The van der Waals surface area contributed by atoms with E-state index in [0.29, 0.717) is 13.1 Å². The van der Waals surface area contributed by atoms with Gasteiger partial charge in [-0.15, -0.1) is 22.9 Å². The fraction of sp³-hybridized carbons (Fsp3) is 0.500. The van der Waals surface area contributed by atoms with Crippen LogP contribution in [0.4, 0.5) is 0 Å². The molecule has 2 nitrogen and oxygen atoms in total. The molecule has 1 aromatic heterocycles. The summed E-state index contributed by atoms with van der Waals surface area (Å²) in [7, 11) is 0. The summed E-state index contributed by atoms with van der Waals surface area (Å²) in [5.74, 6) is -0.0343.